The zero-order valence-corrected chi connectivity index (χ0v) is 7.76. The van der Waals surface area contributed by atoms with E-state index in [1.807, 2.05) is 19.1 Å². The van der Waals surface area contributed by atoms with Crippen molar-refractivity contribution in [1.29, 1.82) is 0 Å². The van der Waals surface area contributed by atoms with Crippen molar-refractivity contribution >= 4 is 32.7 Å². The maximum atomic E-state index is 5.28. The van der Waals surface area contributed by atoms with Gasteiger partial charge in [-0.15, -0.1) is 11.3 Å². The minimum Gasteiger partial charge on any atom is -0.441 e. The number of rotatable bonds is 0. The second kappa shape index (κ2) is 2.29. The van der Waals surface area contributed by atoms with Crippen LogP contribution in [-0.4, -0.2) is 9.97 Å². The molecule has 3 rings (SSSR count). The number of hydrogen-bond acceptors (Lipinski definition) is 4. The summed E-state index contributed by atoms with van der Waals surface area (Å²) in [6.07, 6.45) is 1.46. The Bertz CT molecular complexity index is 581. The van der Waals surface area contributed by atoms with Crippen LogP contribution in [0.2, 0.25) is 0 Å². The summed E-state index contributed by atoms with van der Waals surface area (Å²) in [6.45, 7) is 1.99. The van der Waals surface area contributed by atoms with Crippen LogP contribution < -0.4 is 0 Å². The van der Waals surface area contributed by atoms with E-state index >= 15 is 0 Å². The molecule has 64 valence electrons. The Hall–Kier alpha value is -1.42. The third-order valence-electron chi connectivity index (χ3n) is 1.96. The predicted molar refractivity (Wildman–Crippen MR) is 51.9 cm³/mol. The van der Waals surface area contributed by atoms with Crippen molar-refractivity contribution in [2.75, 3.05) is 0 Å². The second-order valence-electron chi connectivity index (χ2n) is 2.85. The van der Waals surface area contributed by atoms with E-state index in [-0.39, 0.29) is 0 Å². The van der Waals surface area contributed by atoms with Crippen LogP contribution in [0.15, 0.2) is 22.9 Å². The highest BCUT2D eigenvalue weighted by molar-refractivity contribution is 7.18. The number of fused-ring (bicyclic) bond motifs is 3. The van der Waals surface area contributed by atoms with Crippen molar-refractivity contribution in [3.8, 4) is 0 Å². The van der Waals surface area contributed by atoms with E-state index in [4.69, 9.17) is 4.42 Å². The molecule has 0 amide bonds. The Morgan fingerprint density at radius 1 is 1.38 bits per heavy atom. The van der Waals surface area contributed by atoms with Crippen LogP contribution in [0.4, 0.5) is 0 Å². The summed E-state index contributed by atoms with van der Waals surface area (Å²) in [6, 6.07) is 3.99. The van der Waals surface area contributed by atoms with Gasteiger partial charge in [-0.1, -0.05) is 0 Å². The first-order valence-corrected chi connectivity index (χ1v) is 4.75. The molecule has 2 aromatic heterocycles. The summed E-state index contributed by atoms with van der Waals surface area (Å²) in [7, 11) is 0. The lowest BCUT2D eigenvalue weighted by Crippen LogP contribution is -1.71. The van der Waals surface area contributed by atoms with Crippen molar-refractivity contribution < 1.29 is 4.42 Å². The largest absolute Gasteiger partial charge is 0.441 e. The minimum absolute atomic E-state index is 0.793. The van der Waals surface area contributed by atoms with Crippen molar-refractivity contribution in [3.63, 3.8) is 0 Å². The van der Waals surface area contributed by atoms with Crippen LogP contribution in [0, 0.1) is 6.92 Å². The molecule has 0 unspecified atom stereocenters. The summed E-state index contributed by atoms with van der Waals surface area (Å²) in [5, 5.41) is 1.05. The van der Waals surface area contributed by atoms with E-state index in [0.717, 1.165) is 26.3 Å². The summed E-state index contributed by atoms with van der Waals surface area (Å²) >= 11 is 1.67. The van der Waals surface area contributed by atoms with E-state index in [9.17, 15) is 0 Å². The quantitative estimate of drug-likeness (QED) is 0.547. The predicted octanol–water partition coefficient (Wildman–Crippen LogP) is 2.75. The van der Waals surface area contributed by atoms with Gasteiger partial charge in [-0.3, -0.25) is 0 Å². The van der Waals surface area contributed by atoms with E-state index in [1.165, 1.54) is 6.39 Å². The number of benzene rings is 1. The zero-order chi connectivity index (χ0) is 8.84. The molecule has 0 atom stereocenters. The third kappa shape index (κ3) is 0.890. The average molecular weight is 190 g/mol. The second-order valence-corrected chi connectivity index (χ2v) is 4.08. The van der Waals surface area contributed by atoms with E-state index in [1.54, 1.807) is 11.3 Å². The Balaban J connectivity index is 2.64. The Kier molecular flexibility index (Phi) is 1.24. The third-order valence-corrected chi connectivity index (χ3v) is 2.90. The molecule has 1 aromatic carbocycles. The van der Waals surface area contributed by atoms with Crippen LogP contribution in [-0.2, 0) is 0 Å². The van der Waals surface area contributed by atoms with Gasteiger partial charge in [0.1, 0.15) is 11.0 Å². The van der Waals surface area contributed by atoms with Crippen LogP contribution in [0.25, 0.3) is 21.3 Å². The maximum absolute atomic E-state index is 5.28. The van der Waals surface area contributed by atoms with Gasteiger partial charge in [0.25, 0.3) is 0 Å². The number of aromatic nitrogens is 2. The van der Waals surface area contributed by atoms with E-state index in [0.29, 0.717) is 0 Å². The summed E-state index contributed by atoms with van der Waals surface area (Å²) in [5.41, 5.74) is 2.59. The fraction of sp³-hybridized carbons (Fsp3) is 0.111. The molecule has 0 aliphatic carbocycles. The highest BCUT2D eigenvalue weighted by Crippen LogP contribution is 2.28. The molecule has 0 spiro atoms. The van der Waals surface area contributed by atoms with Gasteiger partial charge in [0, 0.05) is 0 Å². The SMILES string of the molecule is Cc1nc2c(ccc3ncoc32)s1. The van der Waals surface area contributed by atoms with Crippen LogP contribution in [0.3, 0.4) is 0 Å². The normalized spacial score (nSPS) is 11.5. The highest BCUT2D eigenvalue weighted by Gasteiger charge is 2.07. The highest BCUT2D eigenvalue weighted by atomic mass is 32.1. The van der Waals surface area contributed by atoms with Gasteiger partial charge in [0.15, 0.2) is 12.0 Å². The standard InChI is InChI=1S/C9H6N2OS/c1-5-11-8-7(13-5)3-2-6-9(8)12-4-10-6/h2-4H,1H3. The molecule has 0 aliphatic rings. The van der Waals surface area contributed by atoms with Gasteiger partial charge < -0.3 is 4.42 Å². The Labute approximate surface area is 78.0 Å². The molecule has 0 bridgehead atoms. The van der Waals surface area contributed by atoms with Crippen LogP contribution in [0.1, 0.15) is 5.01 Å². The molecular weight excluding hydrogens is 184 g/mol. The summed E-state index contributed by atoms with van der Waals surface area (Å²) in [4.78, 5) is 8.47. The molecule has 3 aromatic rings. The van der Waals surface area contributed by atoms with Crippen LogP contribution >= 0.6 is 11.3 Å². The lowest BCUT2D eigenvalue weighted by Gasteiger charge is -1.86. The molecular formula is C9H6N2OS. The van der Waals surface area contributed by atoms with Crippen molar-refractivity contribution in [2.45, 2.75) is 6.92 Å². The van der Waals surface area contributed by atoms with Gasteiger partial charge in [-0.2, -0.15) is 0 Å². The van der Waals surface area contributed by atoms with Gasteiger partial charge in [-0.05, 0) is 19.1 Å². The molecule has 4 heteroatoms. The van der Waals surface area contributed by atoms with Gasteiger partial charge in [0.05, 0.1) is 9.71 Å². The smallest absolute Gasteiger partial charge is 0.182 e. The van der Waals surface area contributed by atoms with Crippen molar-refractivity contribution in [3.05, 3.63) is 23.5 Å². The molecule has 0 aliphatic heterocycles. The van der Waals surface area contributed by atoms with Gasteiger partial charge in [-0.25, -0.2) is 9.97 Å². The first-order valence-electron chi connectivity index (χ1n) is 3.94. The molecule has 0 saturated carbocycles. The Morgan fingerprint density at radius 3 is 3.23 bits per heavy atom. The molecule has 2 heterocycles. The van der Waals surface area contributed by atoms with Crippen LogP contribution in [0.5, 0.6) is 0 Å². The fourth-order valence-electron chi connectivity index (χ4n) is 1.42. The van der Waals surface area contributed by atoms with Crippen molar-refractivity contribution in [2.24, 2.45) is 0 Å². The van der Waals surface area contributed by atoms with E-state index < -0.39 is 0 Å². The lowest BCUT2D eigenvalue weighted by molar-refractivity contribution is 0.604. The first-order chi connectivity index (χ1) is 6.34. The lowest BCUT2D eigenvalue weighted by atomic mass is 10.3. The van der Waals surface area contributed by atoms with Gasteiger partial charge >= 0.3 is 0 Å². The summed E-state index contributed by atoms with van der Waals surface area (Å²) in [5.74, 6) is 0. The number of thiazole rings is 1. The molecule has 0 N–H and O–H groups in total. The number of nitrogens with zero attached hydrogens (tertiary/aromatic N) is 2. The first kappa shape index (κ1) is 7.03. The number of oxazole rings is 1. The molecule has 0 saturated heterocycles. The van der Waals surface area contributed by atoms with Gasteiger partial charge in [0.2, 0.25) is 0 Å². The molecule has 13 heavy (non-hydrogen) atoms. The van der Waals surface area contributed by atoms with Crippen molar-refractivity contribution in [1.82, 2.24) is 9.97 Å². The average Bonchev–Trinajstić information content (AvgIpc) is 2.65. The molecule has 3 nitrogen and oxygen atoms in total. The summed E-state index contributed by atoms with van der Waals surface area (Å²) < 4.78 is 6.43. The molecule has 0 fully saturated rings. The topological polar surface area (TPSA) is 38.9 Å². The number of hydrogen-bond donors (Lipinski definition) is 0. The molecule has 0 radical (unpaired) electrons. The minimum atomic E-state index is 0.793. The Morgan fingerprint density at radius 2 is 2.31 bits per heavy atom. The zero-order valence-electron chi connectivity index (χ0n) is 6.94. The monoisotopic (exact) mass is 190 g/mol. The number of aryl methyl sites for hydroxylation is 1. The van der Waals surface area contributed by atoms with E-state index in [2.05, 4.69) is 9.97 Å². The fourth-order valence-corrected chi connectivity index (χ4v) is 2.25. The maximum Gasteiger partial charge on any atom is 0.182 e.